The minimum atomic E-state index is -0.415. The molecule has 1 aliphatic heterocycles. The summed E-state index contributed by atoms with van der Waals surface area (Å²) < 4.78 is 0. The van der Waals surface area contributed by atoms with Gasteiger partial charge in [-0.15, -0.1) is 0 Å². The van der Waals surface area contributed by atoms with Gasteiger partial charge in [0.05, 0.1) is 0 Å². The number of carbonyl (C=O) groups excluding carboxylic acids is 2. The molecule has 0 radical (unpaired) electrons. The number of carbonyl (C=O) groups is 2. The van der Waals surface area contributed by atoms with E-state index >= 15 is 0 Å². The van der Waals surface area contributed by atoms with Crippen molar-refractivity contribution in [2.45, 2.75) is 31.7 Å². The normalized spacial score (nSPS) is 27.5. The second-order valence-corrected chi connectivity index (χ2v) is 6.23. The molecule has 1 aromatic rings. The molecule has 5 heteroatoms. The molecule has 3 N–H and O–H groups in total. The van der Waals surface area contributed by atoms with Crippen LogP contribution >= 0.6 is 0 Å². The van der Waals surface area contributed by atoms with Crippen molar-refractivity contribution in [2.24, 2.45) is 11.7 Å². The summed E-state index contributed by atoms with van der Waals surface area (Å²) in [5.74, 6) is 0.271. The van der Waals surface area contributed by atoms with Gasteiger partial charge in [-0.3, -0.25) is 9.59 Å². The summed E-state index contributed by atoms with van der Waals surface area (Å²) in [6, 6.07) is 7.66. The minimum Gasteiger partial charge on any atom is -0.366 e. The van der Waals surface area contributed by atoms with Gasteiger partial charge in [-0.05, 0) is 36.5 Å². The Bertz CT molecular complexity index is 570. The van der Waals surface area contributed by atoms with Gasteiger partial charge in [0.1, 0.15) is 0 Å². The second-order valence-electron chi connectivity index (χ2n) is 6.23. The van der Waals surface area contributed by atoms with Crippen molar-refractivity contribution < 1.29 is 9.59 Å². The van der Waals surface area contributed by atoms with Crippen LogP contribution in [-0.2, 0) is 4.79 Å². The maximum absolute atomic E-state index is 12.7. The number of rotatable bonds is 4. The fourth-order valence-corrected chi connectivity index (χ4v) is 3.36. The van der Waals surface area contributed by atoms with Crippen LogP contribution < -0.4 is 11.1 Å². The fourth-order valence-electron chi connectivity index (χ4n) is 3.36. The lowest BCUT2D eigenvalue weighted by Crippen LogP contribution is -2.53. The number of primary amides is 1. The van der Waals surface area contributed by atoms with Crippen LogP contribution in [0.5, 0.6) is 0 Å². The van der Waals surface area contributed by atoms with Crippen molar-refractivity contribution in [1.29, 1.82) is 0 Å². The zero-order valence-corrected chi connectivity index (χ0v) is 12.9. The summed E-state index contributed by atoms with van der Waals surface area (Å²) in [5, 5.41) is 3.35. The molecule has 1 saturated carbocycles. The standard InChI is InChI=1S/C17H23N3O2/c1-2-13-10-19-7-8-20(13)17(22)15-9-14(15)11-3-5-12(6-4-11)16(18)21/h3-6,13-15,19H,2,7-10H2,1H3,(H2,18,21). The number of hydrogen-bond acceptors (Lipinski definition) is 3. The maximum Gasteiger partial charge on any atom is 0.248 e. The molecule has 2 amide bonds. The first-order valence-corrected chi connectivity index (χ1v) is 8.02. The summed E-state index contributed by atoms with van der Waals surface area (Å²) in [6.45, 7) is 4.71. The Labute approximate surface area is 130 Å². The SMILES string of the molecule is CCC1CNCCN1C(=O)C1CC1c1ccc(C(N)=O)cc1. The molecule has 0 aromatic heterocycles. The van der Waals surface area contributed by atoms with E-state index in [9.17, 15) is 9.59 Å². The van der Waals surface area contributed by atoms with E-state index in [1.807, 2.05) is 12.1 Å². The molecule has 3 rings (SSSR count). The fraction of sp³-hybridized carbons (Fsp3) is 0.529. The molecule has 0 spiro atoms. The van der Waals surface area contributed by atoms with E-state index in [0.29, 0.717) is 17.5 Å². The highest BCUT2D eigenvalue weighted by Gasteiger charge is 2.46. The van der Waals surface area contributed by atoms with Gasteiger partial charge in [-0.25, -0.2) is 0 Å². The molecular weight excluding hydrogens is 278 g/mol. The molecule has 3 atom stereocenters. The molecule has 3 unspecified atom stereocenters. The van der Waals surface area contributed by atoms with Crippen molar-refractivity contribution in [1.82, 2.24) is 10.2 Å². The van der Waals surface area contributed by atoms with Crippen LogP contribution in [0.2, 0.25) is 0 Å². The first-order chi connectivity index (χ1) is 10.6. The van der Waals surface area contributed by atoms with Gasteiger partial charge in [0.2, 0.25) is 11.8 Å². The average Bonchev–Trinajstić information content (AvgIpc) is 3.35. The third kappa shape index (κ3) is 2.86. The predicted octanol–water partition coefficient (Wildman–Crippen LogP) is 1.10. The Morgan fingerprint density at radius 2 is 2.05 bits per heavy atom. The molecule has 118 valence electrons. The van der Waals surface area contributed by atoms with E-state index in [4.69, 9.17) is 5.73 Å². The summed E-state index contributed by atoms with van der Waals surface area (Å²) in [5.41, 5.74) is 6.90. The molecule has 1 aliphatic carbocycles. The van der Waals surface area contributed by atoms with Crippen molar-refractivity contribution in [3.8, 4) is 0 Å². The van der Waals surface area contributed by atoms with E-state index in [0.717, 1.165) is 38.0 Å². The Kier molecular flexibility index (Phi) is 4.16. The van der Waals surface area contributed by atoms with E-state index in [-0.39, 0.29) is 11.8 Å². The van der Waals surface area contributed by atoms with Crippen molar-refractivity contribution in [3.63, 3.8) is 0 Å². The van der Waals surface area contributed by atoms with Crippen LogP contribution in [0.15, 0.2) is 24.3 Å². The quantitative estimate of drug-likeness (QED) is 0.874. The molecule has 5 nitrogen and oxygen atoms in total. The molecule has 1 heterocycles. The van der Waals surface area contributed by atoms with Gasteiger partial charge in [-0.2, -0.15) is 0 Å². The maximum atomic E-state index is 12.7. The molecular formula is C17H23N3O2. The van der Waals surface area contributed by atoms with Gasteiger partial charge in [0.25, 0.3) is 0 Å². The molecule has 1 aromatic carbocycles. The first-order valence-electron chi connectivity index (χ1n) is 8.02. The van der Waals surface area contributed by atoms with E-state index < -0.39 is 5.91 Å². The molecule has 2 fully saturated rings. The molecule has 0 bridgehead atoms. The third-order valence-corrected chi connectivity index (χ3v) is 4.84. The number of amides is 2. The summed E-state index contributed by atoms with van der Waals surface area (Å²) in [4.78, 5) is 25.9. The number of nitrogens with two attached hydrogens (primary N) is 1. The zero-order valence-electron chi connectivity index (χ0n) is 12.9. The smallest absolute Gasteiger partial charge is 0.248 e. The lowest BCUT2D eigenvalue weighted by atomic mass is 10.0. The van der Waals surface area contributed by atoms with Crippen LogP contribution in [-0.4, -0.2) is 42.4 Å². The number of nitrogens with one attached hydrogen (secondary N) is 1. The average molecular weight is 301 g/mol. The summed E-state index contributed by atoms with van der Waals surface area (Å²) >= 11 is 0. The monoisotopic (exact) mass is 301 g/mol. The Morgan fingerprint density at radius 3 is 2.68 bits per heavy atom. The predicted molar refractivity (Wildman–Crippen MR) is 84.5 cm³/mol. The third-order valence-electron chi connectivity index (χ3n) is 4.84. The minimum absolute atomic E-state index is 0.103. The van der Waals surface area contributed by atoms with E-state index in [1.54, 1.807) is 12.1 Å². The van der Waals surface area contributed by atoms with Crippen molar-refractivity contribution in [3.05, 3.63) is 35.4 Å². The van der Waals surface area contributed by atoms with Crippen LogP contribution in [0.3, 0.4) is 0 Å². The van der Waals surface area contributed by atoms with Gasteiger partial charge >= 0.3 is 0 Å². The van der Waals surface area contributed by atoms with Crippen molar-refractivity contribution in [2.75, 3.05) is 19.6 Å². The van der Waals surface area contributed by atoms with Gasteiger partial charge in [0, 0.05) is 37.2 Å². The van der Waals surface area contributed by atoms with Gasteiger partial charge in [-0.1, -0.05) is 19.1 Å². The van der Waals surface area contributed by atoms with Crippen molar-refractivity contribution >= 4 is 11.8 Å². The first kappa shape index (κ1) is 15.0. The van der Waals surface area contributed by atoms with Gasteiger partial charge < -0.3 is 16.0 Å². The largest absolute Gasteiger partial charge is 0.366 e. The topological polar surface area (TPSA) is 75.4 Å². The number of hydrogen-bond donors (Lipinski definition) is 2. The van der Waals surface area contributed by atoms with Crippen LogP contribution in [0.25, 0.3) is 0 Å². The van der Waals surface area contributed by atoms with Crippen LogP contribution in [0.4, 0.5) is 0 Å². The van der Waals surface area contributed by atoms with Crippen LogP contribution in [0.1, 0.15) is 41.6 Å². The van der Waals surface area contributed by atoms with Gasteiger partial charge in [0.15, 0.2) is 0 Å². The Hall–Kier alpha value is -1.88. The van der Waals surface area contributed by atoms with E-state index in [1.165, 1.54) is 0 Å². The molecule has 1 saturated heterocycles. The highest BCUT2D eigenvalue weighted by Crippen LogP contribution is 2.48. The Balaban J connectivity index is 1.65. The zero-order chi connectivity index (χ0) is 15.7. The summed E-state index contributed by atoms with van der Waals surface area (Å²) in [6.07, 6.45) is 1.90. The van der Waals surface area contributed by atoms with Crippen LogP contribution in [0, 0.1) is 5.92 Å². The Morgan fingerprint density at radius 1 is 1.32 bits per heavy atom. The number of piperazine rings is 1. The second kappa shape index (κ2) is 6.08. The highest BCUT2D eigenvalue weighted by atomic mass is 16.2. The van der Waals surface area contributed by atoms with E-state index in [2.05, 4.69) is 17.1 Å². The lowest BCUT2D eigenvalue weighted by Gasteiger charge is -2.36. The molecule has 2 aliphatic rings. The lowest BCUT2D eigenvalue weighted by molar-refractivity contribution is -0.135. The summed E-state index contributed by atoms with van der Waals surface area (Å²) in [7, 11) is 0. The molecule has 22 heavy (non-hydrogen) atoms. The number of nitrogens with zero attached hydrogens (tertiary/aromatic N) is 1. The highest BCUT2D eigenvalue weighted by molar-refractivity contribution is 5.92. The number of benzene rings is 1.